The minimum Gasteiger partial charge on any atom is -0.260 e. The fraction of sp³-hybridized carbons (Fsp3) is 0.500. The van der Waals surface area contributed by atoms with Crippen LogP contribution < -0.4 is 0 Å². The third-order valence-electron chi connectivity index (χ3n) is 3.03. The Labute approximate surface area is 96.6 Å². The Morgan fingerprint density at radius 2 is 1.75 bits per heavy atom. The van der Waals surface area contributed by atoms with E-state index in [0.29, 0.717) is 0 Å². The topological polar surface area (TPSA) is 43.4 Å². The molecule has 0 atom stereocenters. The molecular weight excluding hydrogens is 224 g/mol. The molecule has 0 aromatic heterocycles. The summed E-state index contributed by atoms with van der Waals surface area (Å²) in [5.74, 6) is 0. The molecule has 0 radical (unpaired) electrons. The number of hydrogen-bond donors (Lipinski definition) is 0. The first-order valence-electron chi connectivity index (χ1n) is 5.44. The van der Waals surface area contributed by atoms with Crippen LogP contribution in [0.5, 0.6) is 0 Å². The van der Waals surface area contributed by atoms with Crippen molar-refractivity contribution < 1.29 is 12.6 Å². The fourth-order valence-corrected chi connectivity index (χ4v) is 3.04. The van der Waals surface area contributed by atoms with Gasteiger partial charge < -0.3 is 0 Å². The highest BCUT2D eigenvalue weighted by Crippen LogP contribution is 2.37. The summed E-state index contributed by atoms with van der Waals surface area (Å²) in [7, 11) is -3.60. The van der Waals surface area contributed by atoms with Crippen LogP contribution in [0.2, 0.25) is 0 Å². The summed E-state index contributed by atoms with van der Waals surface area (Å²) in [6.45, 7) is 3.77. The quantitative estimate of drug-likeness (QED) is 0.763. The van der Waals surface area contributed by atoms with Crippen LogP contribution in [0, 0.1) is 6.92 Å². The molecule has 88 valence electrons. The second-order valence-electron chi connectivity index (χ2n) is 4.65. The predicted octanol–water partition coefficient (Wildman–Crippen LogP) is 2.64. The molecular formula is C12H16O3S. The van der Waals surface area contributed by atoms with Gasteiger partial charge in [0, 0.05) is 0 Å². The Morgan fingerprint density at radius 3 is 2.19 bits per heavy atom. The lowest BCUT2D eigenvalue weighted by atomic mass is 9.82. The summed E-state index contributed by atoms with van der Waals surface area (Å²) < 4.78 is 29.1. The van der Waals surface area contributed by atoms with Crippen LogP contribution >= 0.6 is 0 Å². The zero-order chi connectivity index (χ0) is 11.8. The van der Waals surface area contributed by atoms with E-state index >= 15 is 0 Å². The SMILES string of the molecule is Cc1ccc(S(=O)(=O)OC2(C)CCC2)cc1. The molecule has 0 bridgehead atoms. The maximum atomic E-state index is 11.9. The van der Waals surface area contributed by atoms with Crippen molar-refractivity contribution in [2.45, 2.75) is 43.6 Å². The molecule has 0 amide bonds. The van der Waals surface area contributed by atoms with E-state index < -0.39 is 15.7 Å². The lowest BCUT2D eigenvalue weighted by molar-refractivity contribution is 0.0179. The van der Waals surface area contributed by atoms with Crippen LogP contribution in [0.1, 0.15) is 31.7 Å². The lowest BCUT2D eigenvalue weighted by Gasteiger charge is -2.36. The molecule has 1 aliphatic carbocycles. The zero-order valence-corrected chi connectivity index (χ0v) is 10.4. The Hall–Kier alpha value is -0.870. The molecule has 0 aliphatic heterocycles. The van der Waals surface area contributed by atoms with Crippen LogP contribution in [-0.2, 0) is 14.3 Å². The average Bonchev–Trinajstić information content (AvgIpc) is 2.15. The molecule has 0 N–H and O–H groups in total. The van der Waals surface area contributed by atoms with E-state index in [0.717, 1.165) is 24.8 Å². The van der Waals surface area contributed by atoms with Crippen LogP contribution in [0.4, 0.5) is 0 Å². The third-order valence-corrected chi connectivity index (χ3v) is 4.50. The first-order chi connectivity index (χ1) is 7.41. The van der Waals surface area contributed by atoms with Gasteiger partial charge in [0.25, 0.3) is 10.1 Å². The van der Waals surface area contributed by atoms with Crippen molar-refractivity contribution >= 4 is 10.1 Å². The number of aryl methyl sites for hydroxylation is 1. The number of benzene rings is 1. The van der Waals surface area contributed by atoms with Crippen LogP contribution in [0.3, 0.4) is 0 Å². The van der Waals surface area contributed by atoms with Crippen molar-refractivity contribution in [2.24, 2.45) is 0 Å². The second kappa shape index (κ2) is 3.86. The highest BCUT2D eigenvalue weighted by atomic mass is 32.2. The minimum atomic E-state index is -3.60. The van der Waals surface area contributed by atoms with Gasteiger partial charge in [-0.1, -0.05) is 17.7 Å². The average molecular weight is 240 g/mol. The molecule has 16 heavy (non-hydrogen) atoms. The molecule has 1 aromatic carbocycles. The van der Waals surface area contributed by atoms with E-state index in [2.05, 4.69) is 0 Å². The van der Waals surface area contributed by atoms with E-state index in [4.69, 9.17) is 4.18 Å². The molecule has 0 heterocycles. The maximum absolute atomic E-state index is 11.9. The van der Waals surface area contributed by atoms with Crippen molar-refractivity contribution in [3.05, 3.63) is 29.8 Å². The maximum Gasteiger partial charge on any atom is 0.297 e. The highest BCUT2D eigenvalue weighted by Gasteiger charge is 2.38. The molecule has 0 unspecified atom stereocenters. The van der Waals surface area contributed by atoms with Gasteiger partial charge in [-0.3, -0.25) is 4.18 Å². The van der Waals surface area contributed by atoms with Gasteiger partial charge in [0.15, 0.2) is 0 Å². The van der Waals surface area contributed by atoms with Crippen LogP contribution in [-0.4, -0.2) is 14.0 Å². The summed E-state index contributed by atoms with van der Waals surface area (Å²) in [6, 6.07) is 6.73. The van der Waals surface area contributed by atoms with Crippen molar-refractivity contribution in [1.82, 2.24) is 0 Å². The number of hydrogen-bond acceptors (Lipinski definition) is 3. The smallest absolute Gasteiger partial charge is 0.260 e. The third kappa shape index (κ3) is 2.28. The number of rotatable bonds is 3. The van der Waals surface area contributed by atoms with Gasteiger partial charge in [-0.15, -0.1) is 0 Å². The summed E-state index contributed by atoms with van der Waals surface area (Å²) >= 11 is 0. The first-order valence-corrected chi connectivity index (χ1v) is 6.84. The Morgan fingerprint density at radius 1 is 1.19 bits per heavy atom. The summed E-state index contributed by atoms with van der Waals surface area (Å²) in [5.41, 5.74) is 0.554. The van der Waals surface area contributed by atoms with E-state index in [1.54, 1.807) is 24.3 Å². The monoisotopic (exact) mass is 240 g/mol. The summed E-state index contributed by atoms with van der Waals surface area (Å²) in [6.07, 6.45) is 2.68. The van der Waals surface area contributed by atoms with Gasteiger partial charge in [0.05, 0.1) is 10.5 Å². The van der Waals surface area contributed by atoms with Crippen molar-refractivity contribution in [2.75, 3.05) is 0 Å². The molecule has 1 aliphatic rings. The van der Waals surface area contributed by atoms with Crippen molar-refractivity contribution in [3.8, 4) is 0 Å². The summed E-state index contributed by atoms with van der Waals surface area (Å²) in [5, 5.41) is 0. The van der Waals surface area contributed by atoms with E-state index in [1.807, 2.05) is 13.8 Å². The standard InChI is InChI=1S/C12H16O3S/c1-10-4-6-11(7-5-10)16(13,14)15-12(2)8-3-9-12/h4-7H,3,8-9H2,1-2H3. The van der Waals surface area contributed by atoms with Gasteiger partial charge in [-0.25, -0.2) is 0 Å². The Bertz CT molecular complexity index is 469. The normalized spacial score (nSPS) is 19.1. The highest BCUT2D eigenvalue weighted by molar-refractivity contribution is 7.86. The summed E-state index contributed by atoms with van der Waals surface area (Å²) in [4.78, 5) is 0.242. The van der Waals surface area contributed by atoms with Crippen molar-refractivity contribution in [3.63, 3.8) is 0 Å². The second-order valence-corrected chi connectivity index (χ2v) is 6.20. The molecule has 1 fully saturated rings. The van der Waals surface area contributed by atoms with Crippen molar-refractivity contribution in [1.29, 1.82) is 0 Å². The largest absolute Gasteiger partial charge is 0.297 e. The van der Waals surface area contributed by atoms with Crippen LogP contribution in [0.25, 0.3) is 0 Å². The van der Waals surface area contributed by atoms with Crippen LogP contribution in [0.15, 0.2) is 29.2 Å². The van der Waals surface area contributed by atoms with Gasteiger partial charge in [-0.05, 0) is 45.2 Å². The minimum absolute atomic E-state index is 0.242. The first kappa shape index (κ1) is 11.6. The van der Waals surface area contributed by atoms with Gasteiger partial charge in [0.1, 0.15) is 0 Å². The molecule has 0 saturated heterocycles. The lowest BCUT2D eigenvalue weighted by Crippen LogP contribution is -2.38. The Balaban J connectivity index is 2.22. The molecule has 4 heteroatoms. The van der Waals surface area contributed by atoms with Gasteiger partial charge >= 0.3 is 0 Å². The Kier molecular flexibility index (Phi) is 2.80. The van der Waals surface area contributed by atoms with E-state index in [-0.39, 0.29) is 4.90 Å². The zero-order valence-electron chi connectivity index (χ0n) is 9.56. The fourth-order valence-electron chi connectivity index (χ4n) is 1.78. The van der Waals surface area contributed by atoms with Gasteiger partial charge in [-0.2, -0.15) is 8.42 Å². The molecule has 1 aromatic rings. The predicted molar refractivity (Wildman–Crippen MR) is 61.7 cm³/mol. The van der Waals surface area contributed by atoms with E-state index in [9.17, 15) is 8.42 Å². The van der Waals surface area contributed by atoms with Gasteiger partial charge in [0.2, 0.25) is 0 Å². The molecule has 0 spiro atoms. The van der Waals surface area contributed by atoms with E-state index in [1.165, 1.54) is 0 Å². The molecule has 1 saturated carbocycles. The molecule has 3 nitrogen and oxygen atoms in total. The molecule has 2 rings (SSSR count).